The molecule has 2 aliphatic heterocycles. The molecule has 184 valence electrons. The number of esters is 1. The van der Waals surface area contributed by atoms with Crippen molar-refractivity contribution in [3.63, 3.8) is 0 Å². The van der Waals surface area contributed by atoms with E-state index in [2.05, 4.69) is 0 Å². The van der Waals surface area contributed by atoms with E-state index >= 15 is 0 Å². The number of carbonyl (C=O) groups is 2. The number of likely N-dealkylation sites (N-methyl/N-ethyl adjacent to an activating group) is 1. The fraction of sp³-hybridized carbons (Fsp3) is 0.333. The van der Waals surface area contributed by atoms with Crippen molar-refractivity contribution in [2.45, 2.75) is 36.5 Å². The van der Waals surface area contributed by atoms with Crippen molar-refractivity contribution in [2.75, 3.05) is 25.1 Å². The number of nitro benzene ring substituents is 1. The summed E-state index contributed by atoms with van der Waals surface area (Å²) < 4.78 is 33.4. The maximum Gasteiger partial charge on any atom is 0.311 e. The van der Waals surface area contributed by atoms with E-state index in [0.29, 0.717) is 0 Å². The minimum absolute atomic E-state index is 0.0571. The van der Waals surface area contributed by atoms with E-state index in [1.165, 1.54) is 12.1 Å². The Balaban J connectivity index is 1.77. The number of nitro groups is 1. The lowest BCUT2D eigenvalue weighted by atomic mass is 9.76. The fourth-order valence-electron chi connectivity index (χ4n) is 4.75. The quantitative estimate of drug-likeness (QED) is 0.339. The number of hydrogen-bond donors (Lipinski definition) is 0. The second-order valence-corrected chi connectivity index (χ2v) is 10.3. The van der Waals surface area contributed by atoms with Crippen LogP contribution in [0.25, 0.3) is 0 Å². The summed E-state index contributed by atoms with van der Waals surface area (Å²) in [6.45, 7) is 1.74. The number of para-hydroxylation sites is 1. The monoisotopic (exact) mass is 499 g/mol. The van der Waals surface area contributed by atoms with Crippen LogP contribution in [0.4, 0.5) is 11.4 Å². The van der Waals surface area contributed by atoms with E-state index in [0.717, 1.165) is 27.7 Å². The van der Waals surface area contributed by atoms with Crippen molar-refractivity contribution in [3.05, 3.63) is 76.0 Å². The molecule has 2 aromatic rings. The first-order valence-electron chi connectivity index (χ1n) is 11.1. The Hall–Kier alpha value is -3.73. The molecule has 35 heavy (non-hydrogen) atoms. The highest BCUT2D eigenvalue weighted by Crippen LogP contribution is 2.48. The summed E-state index contributed by atoms with van der Waals surface area (Å²) in [5.41, 5.74) is 0.583. The molecule has 2 aromatic carbocycles. The van der Waals surface area contributed by atoms with Crippen molar-refractivity contribution < 1.29 is 27.7 Å². The van der Waals surface area contributed by atoms with Gasteiger partial charge < -0.3 is 9.64 Å². The molecule has 0 saturated carbocycles. The third kappa shape index (κ3) is 4.16. The van der Waals surface area contributed by atoms with E-state index in [1.54, 1.807) is 24.9 Å². The van der Waals surface area contributed by atoms with Gasteiger partial charge in [-0.25, -0.2) is 8.42 Å². The van der Waals surface area contributed by atoms with Gasteiger partial charge in [-0.15, -0.1) is 0 Å². The number of fused-ring (bicyclic) bond motifs is 2. The Morgan fingerprint density at radius 2 is 1.86 bits per heavy atom. The molecule has 1 amide bonds. The van der Waals surface area contributed by atoms with Crippen LogP contribution in [0.3, 0.4) is 0 Å². The number of benzene rings is 2. The lowest BCUT2D eigenvalue weighted by Gasteiger charge is -2.28. The Kier molecular flexibility index (Phi) is 6.37. The number of nitrogens with zero attached hydrogens (tertiary/aromatic N) is 3. The second-order valence-electron chi connectivity index (χ2n) is 8.42. The molecule has 0 aliphatic carbocycles. The van der Waals surface area contributed by atoms with Crippen LogP contribution in [0.5, 0.6) is 0 Å². The zero-order valence-corrected chi connectivity index (χ0v) is 20.2. The summed E-state index contributed by atoms with van der Waals surface area (Å²) in [7, 11) is -2.49. The van der Waals surface area contributed by atoms with Gasteiger partial charge in [0.05, 0.1) is 28.3 Å². The number of ether oxygens (including phenoxy) is 1. The number of amides is 1. The van der Waals surface area contributed by atoms with Crippen molar-refractivity contribution in [2.24, 2.45) is 0 Å². The van der Waals surface area contributed by atoms with Crippen LogP contribution in [0.1, 0.15) is 31.7 Å². The van der Waals surface area contributed by atoms with Gasteiger partial charge in [-0.1, -0.05) is 24.3 Å². The molecule has 0 radical (unpaired) electrons. The van der Waals surface area contributed by atoms with Gasteiger partial charge in [0.2, 0.25) is 5.91 Å². The first-order chi connectivity index (χ1) is 16.6. The molecule has 1 unspecified atom stereocenters. The van der Waals surface area contributed by atoms with E-state index in [1.807, 2.05) is 24.3 Å². The molecule has 1 atom stereocenters. The lowest BCUT2D eigenvalue weighted by Crippen LogP contribution is -2.40. The molecular weight excluding hydrogens is 474 g/mol. The van der Waals surface area contributed by atoms with Crippen molar-refractivity contribution in [1.29, 1.82) is 0 Å². The third-order valence-electron chi connectivity index (χ3n) is 6.51. The number of hydrogen-bond acceptors (Lipinski definition) is 7. The number of rotatable bonds is 6. The fourth-order valence-corrected chi connectivity index (χ4v) is 6.26. The predicted molar refractivity (Wildman–Crippen MR) is 127 cm³/mol. The number of sulfonamides is 1. The molecule has 2 aliphatic rings. The Morgan fingerprint density at radius 1 is 1.17 bits per heavy atom. The van der Waals surface area contributed by atoms with Gasteiger partial charge in [-0.2, -0.15) is 0 Å². The normalized spacial score (nSPS) is 19.8. The molecule has 4 rings (SSSR count). The Bertz CT molecular complexity index is 1320. The molecule has 1 spiro atoms. The number of carbonyl (C=O) groups excluding carboxylic acids is 2. The highest BCUT2D eigenvalue weighted by molar-refractivity contribution is 7.89. The Morgan fingerprint density at radius 3 is 2.51 bits per heavy atom. The molecule has 2 heterocycles. The molecule has 11 heteroatoms. The summed E-state index contributed by atoms with van der Waals surface area (Å²) in [4.78, 5) is 37.6. The van der Waals surface area contributed by atoms with Crippen molar-refractivity contribution >= 4 is 33.3 Å². The summed E-state index contributed by atoms with van der Waals surface area (Å²) in [5, 5.41) is 11.0. The highest BCUT2D eigenvalue weighted by atomic mass is 32.2. The van der Waals surface area contributed by atoms with E-state index in [-0.39, 0.29) is 54.6 Å². The molecule has 0 bridgehead atoms. The molecule has 0 aromatic heterocycles. The van der Waals surface area contributed by atoms with Gasteiger partial charge in [0.15, 0.2) is 0 Å². The standard InChI is InChI=1S/C24H25N3O7S/c1-3-34-22(28)16-18-12-13-24(20-6-4-5-7-21(20)25(2)23(24)29)14-15-26(18)35(32,33)19-10-8-17(9-11-19)27(30)31/h4-12H,3,13-16H2,1-2H3. The van der Waals surface area contributed by atoms with Gasteiger partial charge in [0.25, 0.3) is 15.7 Å². The van der Waals surface area contributed by atoms with E-state index in [4.69, 9.17) is 4.74 Å². The summed E-state index contributed by atoms with van der Waals surface area (Å²) in [6.07, 6.45) is 1.75. The smallest absolute Gasteiger partial charge is 0.311 e. The van der Waals surface area contributed by atoms with Gasteiger partial charge in [0.1, 0.15) is 0 Å². The number of anilines is 1. The average Bonchev–Trinajstić information content (AvgIpc) is 2.95. The van der Waals surface area contributed by atoms with Gasteiger partial charge in [-0.05, 0) is 43.5 Å². The summed E-state index contributed by atoms with van der Waals surface area (Å²) in [5.74, 6) is -0.728. The minimum Gasteiger partial charge on any atom is -0.466 e. The second kappa shape index (κ2) is 9.14. The van der Waals surface area contributed by atoms with E-state index in [9.17, 15) is 28.1 Å². The van der Waals surface area contributed by atoms with Crippen molar-refractivity contribution in [3.8, 4) is 0 Å². The topological polar surface area (TPSA) is 127 Å². The highest BCUT2D eigenvalue weighted by Gasteiger charge is 2.50. The van der Waals surface area contributed by atoms with Crippen LogP contribution in [-0.4, -0.2) is 49.7 Å². The molecular formula is C24H25N3O7S. The van der Waals surface area contributed by atoms with Crippen LogP contribution in [0, 0.1) is 10.1 Å². The van der Waals surface area contributed by atoms with Gasteiger partial charge in [-0.3, -0.25) is 24.0 Å². The van der Waals surface area contributed by atoms with Crippen LogP contribution < -0.4 is 4.90 Å². The predicted octanol–water partition coefficient (Wildman–Crippen LogP) is 3.13. The molecule has 0 fully saturated rings. The summed E-state index contributed by atoms with van der Waals surface area (Å²) >= 11 is 0. The van der Waals surface area contributed by atoms with Gasteiger partial charge in [0, 0.05) is 37.1 Å². The van der Waals surface area contributed by atoms with Crippen LogP contribution in [0.15, 0.2) is 65.2 Å². The van der Waals surface area contributed by atoms with Crippen LogP contribution >= 0.6 is 0 Å². The first kappa shape index (κ1) is 24.4. The van der Waals surface area contributed by atoms with E-state index < -0.39 is 26.3 Å². The van der Waals surface area contributed by atoms with Crippen LogP contribution in [-0.2, 0) is 29.8 Å². The average molecular weight is 500 g/mol. The number of allylic oxidation sites excluding steroid dienone is 1. The number of non-ortho nitro benzene ring substituents is 1. The first-order valence-corrected chi connectivity index (χ1v) is 12.6. The maximum absolute atomic E-state index is 13.6. The SMILES string of the molecule is CCOC(=O)CC1=CCC2(CCN1S(=O)(=O)c1ccc([N+](=O)[O-])cc1)C(=O)N(C)c1ccccc12. The molecule has 10 nitrogen and oxygen atoms in total. The van der Waals surface area contributed by atoms with Crippen molar-refractivity contribution in [1.82, 2.24) is 4.31 Å². The lowest BCUT2D eigenvalue weighted by molar-refractivity contribution is -0.384. The third-order valence-corrected chi connectivity index (χ3v) is 8.37. The minimum atomic E-state index is -4.18. The van der Waals surface area contributed by atoms with Crippen LogP contribution in [0.2, 0.25) is 0 Å². The maximum atomic E-state index is 13.6. The zero-order chi connectivity index (χ0) is 25.4. The van der Waals surface area contributed by atoms with Gasteiger partial charge >= 0.3 is 5.97 Å². The largest absolute Gasteiger partial charge is 0.466 e. The molecule has 0 N–H and O–H groups in total. The summed E-state index contributed by atoms with van der Waals surface area (Å²) in [6, 6.07) is 12.0. The molecule has 0 saturated heterocycles. The Labute approximate surface area is 203 Å². The zero-order valence-electron chi connectivity index (χ0n) is 19.3.